The van der Waals surface area contributed by atoms with Crippen LogP contribution in [-0.4, -0.2) is 40.6 Å². The van der Waals surface area contributed by atoms with Crippen molar-refractivity contribution in [2.45, 2.75) is 20.3 Å². The molecule has 0 unspecified atom stereocenters. The number of phenolic OH excluding ortho intramolecular Hbond substituents is 1. The van der Waals surface area contributed by atoms with E-state index >= 15 is 0 Å². The summed E-state index contributed by atoms with van der Waals surface area (Å²) in [7, 11) is 1.53. The van der Waals surface area contributed by atoms with Crippen LogP contribution in [0.5, 0.6) is 23.0 Å². The number of nitrogens with one attached hydrogen (secondary N) is 1. The van der Waals surface area contributed by atoms with Gasteiger partial charge in [0.1, 0.15) is 0 Å². The molecule has 5 rings (SSSR count). The summed E-state index contributed by atoms with van der Waals surface area (Å²) in [5.74, 6) is 2.04. The zero-order valence-electron chi connectivity index (χ0n) is 18.8. The molecule has 168 valence electrons. The average Bonchev–Trinajstić information content (AvgIpc) is 3.39. The van der Waals surface area contributed by atoms with E-state index in [0.29, 0.717) is 19.0 Å². The van der Waals surface area contributed by atoms with Crippen molar-refractivity contribution in [3.63, 3.8) is 0 Å². The van der Waals surface area contributed by atoms with Gasteiger partial charge in [-0.25, -0.2) is 0 Å². The molecule has 0 spiro atoms. The molecule has 0 atom stereocenters. The fourth-order valence-corrected chi connectivity index (χ4v) is 4.25. The van der Waals surface area contributed by atoms with Gasteiger partial charge in [-0.3, -0.25) is 10.1 Å². The van der Waals surface area contributed by atoms with Gasteiger partial charge in [-0.1, -0.05) is 0 Å². The van der Waals surface area contributed by atoms with Crippen molar-refractivity contribution in [3.8, 4) is 56.8 Å². The van der Waals surface area contributed by atoms with Crippen molar-refractivity contribution in [3.05, 3.63) is 59.8 Å². The fraction of sp³-hybridized carbons (Fsp3) is 0.231. The molecule has 33 heavy (non-hydrogen) atoms. The molecule has 7 heteroatoms. The van der Waals surface area contributed by atoms with Crippen LogP contribution >= 0.6 is 0 Å². The molecule has 1 aliphatic carbocycles. The van der Waals surface area contributed by atoms with Crippen LogP contribution in [0.3, 0.4) is 0 Å². The summed E-state index contributed by atoms with van der Waals surface area (Å²) in [5.41, 5.74) is 7.91. The van der Waals surface area contributed by atoms with Crippen LogP contribution in [0.2, 0.25) is 0 Å². The largest absolute Gasteiger partial charge is 0.504 e. The number of aromatic nitrogens is 3. The number of hydrogen-bond acceptors (Lipinski definition) is 6. The summed E-state index contributed by atoms with van der Waals surface area (Å²) in [5, 5.41) is 17.6. The van der Waals surface area contributed by atoms with Gasteiger partial charge in [-0.05, 0) is 61.9 Å². The number of benzene rings is 2. The Kier molecular flexibility index (Phi) is 5.38. The number of aromatic hydroxyl groups is 1. The first-order valence-corrected chi connectivity index (χ1v) is 11.0. The molecule has 0 radical (unpaired) electrons. The van der Waals surface area contributed by atoms with E-state index in [2.05, 4.69) is 21.2 Å². The van der Waals surface area contributed by atoms with Gasteiger partial charge >= 0.3 is 0 Å². The van der Waals surface area contributed by atoms with E-state index in [9.17, 15) is 5.11 Å². The van der Waals surface area contributed by atoms with Crippen LogP contribution in [0.15, 0.2) is 48.7 Å². The maximum atomic E-state index is 9.84. The smallest absolute Gasteiger partial charge is 0.161 e. The molecule has 7 nitrogen and oxygen atoms in total. The second-order valence-corrected chi connectivity index (χ2v) is 7.74. The highest BCUT2D eigenvalue weighted by atomic mass is 16.5. The minimum absolute atomic E-state index is 0.101. The van der Waals surface area contributed by atoms with Crippen LogP contribution in [0.25, 0.3) is 33.8 Å². The maximum absolute atomic E-state index is 9.84. The lowest BCUT2D eigenvalue weighted by molar-refractivity contribution is 0.287. The Morgan fingerprint density at radius 1 is 0.939 bits per heavy atom. The number of aromatic amines is 1. The van der Waals surface area contributed by atoms with E-state index in [1.54, 1.807) is 12.1 Å². The highest BCUT2D eigenvalue weighted by molar-refractivity contribution is 5.83. The highest BCUT2D eigenvalue weighted by Crippen LogP contribution is 2.45. The number of rotatable bonds is 7. The van der Waals surface area contributed by atoms with Crippen molar-refractivity contribution in [1.29, 1.82) is 0 Å². The van der Waals surface area contributed by atoms with Gasteiger partial charge in [-0.2, -0.15) is 5.10 Å². The summed E-state index contributed by atoms with van der Waals surface area (Å²) < 4.78 is 16.8. The average molecular weight is 444 g/mol. The van der Waals surface area contributed by atoms with Gasteiger partial charge in [0.05, 0.1) is 37.4 Å². The Morgan fingerprint density at radius 2 is 1.70 bits per heavy atom. The third kappa shape index (κ3) is 3.65. The number of fused-ring (bicyclic) bond motifs is 3. The van der Waals surface area contributed by atoms with E-state index in [1.165, 1.54) is 12.7 Å². The molecular weight excluding hydrogens is 418 g/mol. The standard InChI is InChI=1S/C26H25N3O4/c1-4-32-23-12-17-10-19-25(28-29-26(19)18(17)13-24(23)33-5-2)16-6-8-20(27-14-16)15-7-9-21(30)22(11-15)31-3/h6-9,11-14,30H,4-5,10H2,1-3H3,(H,28,29). The molecule has 1 aliphatic rings. The fourth-order valence-electron chi connectivity index (χ4n) is 4.25. The predicted molar refractivity (Wildman–Crippen MR) is 126 cm³/mol. The molecule has 2 aromatic heterocycles. The molecule has 4 aromatic rings. The molecule has 0 bridgehead atoms. The Morgan fingerprint density at radius 3 is 2.39 bits per heavy atom. The summed E-state index contributed by atoms with van der Waals surface area (Å²) in [6.07, 6.45) is 2.59. The second-order valence-electron chi connectivity index (χ2n) is 7.74. The van der Waals surface area contributed by atoms with Crippen LogP contribution in [0, 0.1) is 0 Å². The first kappa shape index (κ1) is 20.9. The SMILES string of the molecule is CCOc1cc2c(cc1OCC)-c1[nH]nc(-c3ccc(-c4ccc(O)c(OC)c4)nc3)c1C2. The Labute approximate surface area is 192 Å². The first-order chi connectivity index (χ1) is 16.1. The summed E-state index contributed by atoms with van der Waals surface area (Å²) >= 11 is 0. The van der Waals surface area contributed by atoms with E-state index in [0.717, 1.165) is 57.3 Å². The molecule has 0 amide bonds. The van der Waals surface area contributed by atoms with E-state index in [4.69, 9.17) is 14.2 Å². The monoisotopic (exact) mass is 443 g/mol. The van der Waals surface area contributed by atoms with Crippen LogP contribution in [0.4, 0.5) is 0 Å². The van der Waals surface area contributed by atoms with Gasteiger partial charge in [-0.15, -0.1) is 0 Å². The van der Waals surface area contributed by atoms with Crippen molar-refractivity contribution in [2.24, 2.45) is 0 Å². The third-order valence-corrected chi connectivity index (χ3v) is 5.79. The zero-order chi connectivity index (χ0) is 22.9. The minimum Gasteiger partial charge on any atom is -0.504 e. The number of phenols is 1. The molecule has 0 saturated carbocycles. The normalized spacial score (nSPS) is 11.7. The van der Waals surface area contributed by atoms with Gasteiger partial charge in [0.15, 0.2) is 23.0 Å². The number of hydrogen-bond donors (Lipinski definition) is 2. The number of methoxy groups -OCH3 is 1. The van der Waals surface area contributed by atoms with E-state index in [-0.39, 0.29) is 5.75 Å². The van der Waals surface area contributed by atoms with Crippen molar-refractivity contribution < 1.29 is 19.3 Å². The molecule has 2 aromatic carbocycles. The van der Waals surface area contributed by atoms with Gasteiger partial charge in [0.2, 0.25) is 0 Å². The van der Waals surface area contributed by atoms with Gasteiger partial charge in [0.25, 0.3) is 0 Å². The Balaban J connectivity index is 1.47. The molecular formula is C26H25N3O4. The first-order valence-electron chi connectivity index (χ1n) is 11.0. The Bertz CT molecular complexity index is 1310. The zero-order valence-corrected chi connectivity index (χ0v) is 18.8. The van der Waals surface area contributed by atoms with E-state index in [1.807, 2.05) is 44.3 Å². The topological polar surface area (TPSA) is 89.5 Å². The van der Waals surface area contributed by atoms with Crippen LogP contribution in [0.1, 0.15) is 25.0 Å². The Hall–Kier alpha value is -4.00. The van der Waals surface area contributed by atoms with Gasteiger partial charge < -0.3 is 19.3 Å². The molecule has 0 aliphatic heterocycles. The predicted octanol–water partition coefficient (Wildman–Crippen LogP) is 5.22. The second kappa shape index (κ2) is 8.50. The van der Waals surface area contributed by atoms with E-state index < -0.39 is 0 Å². The molecule has 2 heterocycles. The van der Waals surface area contributed by atoms with Crippen molar-refractivity contribution in [1.82, 2.24) is 15.2 Å². The van der Waals surface area contributed by atoms with Gasteiger partial charge in [0, 0.05) is 34.9 Å². The number of H-pyrrole nitrogens is 1. The quantitative estimate of drug-likeness (QED) is 0.358. The summed E-state index contributed by atoms with van der Waals surface area (Å²) in [6.45, 7) is 5.10. The number of nitrogens with zero attached hydrogens (tertiary/aromatic N) is 2. The minimum atomic E-state index is 0.101. The van der Waals surface area contributed by atoms with Crippen molar-refractivity contribution >= 4 is 0 Å². The lowest BCUT2D eigenvalue weighted by atomic mass is 10.1. The summed E-state index contributed by atoms with van der Waals surface area (Å²) in [6, 6.07) is 13.3. The lowest BCUT2D eigenvalue weighted by Crippen LogP contribution is -1.99. The number of ether oxygens (including phenoxy) is 3. The lowest BCUT2D eigenvalue weighted by Gasteiger charge is -2.13. The molecule has 0 saturated heterocycles. The maximum Gasteiger partial charge on any atom is 0.161 e. The third-order valence-electron chi connectivity index (χ3n) is 5.79. The highest BCUT2D eigenvalue weighted by Gasteiger charge is 2.27. The van der Waals surface area contributed by atoms with Crippen LogP contribution in [-0.2, 0) is 6.42 Å². The molecule has 2 N–H and O–H groups in total. The number of pyridine rings is 1. The summed E-state index contributed by atoms with van der Waals surface area (Å²) in [4.78, 5) is 4.63. The molecule has 0 fully saturated rings. The van der Waals surface area contributed by atoms with Crippen molar-refractivity contribution in [2.75, 3.05) is 20.3 Å². The van der Waals surface area contributed by atoms with Crippen LogP contribution < -0.4 is 14.2 Å².